The van der Waals surface area contributed by atoms with Crippen LogP contribution in [0, 0.1) is 11.7 Å². The van der Waals surface area contributed by atoms with Gasteiger partial charge >= 0.3 is 5.97 Å². The van der Waals surface area contributed by atoms with Crippen molar-refractivity contribution in [2.75, 3.05) is 27.0 Å². The Kier molecular flexibility index (Phi) is 5.18. The SMILES string of the molecule is COC(=O)C1C(=O)CCN(C)C1=Nc1ccc(SC)cc1F. The molecule has 0 N–H and O–H groups in total. The highest BCUT2D eigenvalue weighted by molar-refractivity contribution is 7.98. The molecule has 1 unspecified atom stereocenters. The number of aliphatic imine (C=N–C) groups is 1. The van der Waals surface area contributed by atoms with Gasteiger partial charge in [0.2, 0.25) is 0 Å². The lowest BCUT2D eigenvalue weighted by Crippen LogP contribution is -2.47. The van der Waals surface area contributed by atoms with Crippen LogP contribution in [0.1, 0.15) is 6.42 Å². The van der Waals surface area contributed by atoms with Crippen molar-refractivity contribution >= 4 is 35.0 Å². The first kappa shape index (κ1) is 16.5. The number of benzene rings is 1. The average molecular weight is 324 g/mol. The molecule has 0 saturated carbocycles. The lowest BCUT2D eigenvalue weighted by atomic mass is 9.95. The van der Waals surface area contributed by atoms with Gasteiger partial charge in [0.15, 0.2) is 11.7 Å². The van der Waals surface area contributed by atoms with Crippen LogP contribution < -0.4 is 0 Å². The van der Waals surface area contributed by atoms with Gasteiger partial charge in [0.1, 0.15) is 17.3 Å². The van der Waals surface area contributed by atoms with Crippen LogP contribution in [0.3, 0.4) is 0 Å². The lowest BCUT2D eigenvalue weighted by Gasteiger charge is -2.30. The van der Waals surface area contributed by atoms with Crippen LogP contribution in [-0.2, 0) is 14.3 Å². The van der Waals surface area contributed by atoms with Gasteiger partial charge in [-0.1, -0.05) is 0 Å². The van der Waals surface area contributed by atoms with E-state index >= 15 is 0 Å². The summed E-state index contributed by atoms with van der Waals surface area (Å²) in [6.45, 7) is 0.440. The molecule has 0 aromatic heterocycles. The second kappa shape index (κ2) is 6.91. The minimum absolute atomic E-state index is 0.100. The van der Waals surface area contributed by atoms with Crippen LogP contribution in [0.2, 0.25) is 0 Å². The summed E-state index contributed by atoms with van der Waals surface area (Å²) in [6.07, 6.45) is 2.09. The predicted molar refractivity (Wildman–Crippen MR) is 83.0 cm³/mol. The first-order valence-electron chi connectivity index (χ1n) is 6.71. The molecule has 1 fully saturated rings. The lowest BCUT2D eigenvalue weighted by molar-refractivity contribution is -0.147. The summed E-state index contributed by atoms with van der Waals surface area (Å²) in [6, 6.07) is 4.65. The number of carbonyl (C=O) groups excluding carboxylic acids is 2. The van der Waals surface area contributed by atoms with E-state index in [9.17, 15) is 14.0 Å². The highest BCUT2D eigenvalue weighted by Gasteiger charge is 2.38. The van der Waals surface area contributed by atoms with E-state index in [2.05, 4.69) is 9.73 Å². The van der Waals surface area contributed by atoms with Crippen LogP contribution in [0.25, 0.3) is 0 Å². The number of carbonyl (C=O) groups is 2. The monoisotopic (exact) mass is 324 g/mol. The molecule has 0 spiro atoms. The normalized spacial score (nSPS) is 20.4. The van der Waals surface area contributed by atoms with Crippen molar-refractivity contribution in [3.63, 3.8) is 0 Å². The van der Waals surface area contributed by atoms with Crippen LogP contribution in [0.4, 0.5) is 10.1 Å². The topological polar surface area (TPSA) is 59.0 Å². The number of thioether (sulfide) groups is 1. The Labute approximate surface area is 132 Å². The Morgan fingerprint density at radius 1 is 1.50 bits per heavy atom. The second-order valence-corrected chi connectivity index (χ2v) is 5.76. The Hall–Kier alpha value is -1.89. The fourth-order valence-electron chi connectivity index (χ4n) is 2.23. The Morgan fingerprint density at radius 3 is 2.82 bits per heavy atom. The molecule has 1 heterocycles. The molecule has 1 aromatic carbocycles. The first-order valence-corrected chi connectivity index (χ1v) is 7.94. The molecule has 0 bridgehead atoms. The number of rotatable bonds is 3. The van der Waals surface area contributed by atoms with Crippen LogP contribution >= 0.6 is 11.8 Å². The molecule has 0 amide bonds. The van der Waals surface area contributed by atoms with Crippen LogP contribution in [-0.4, -0.2) is 49.4 Å². The minimum atomic E-state index is -1.09. The van der Waals surface area contributed by atoms with Gasteiger partial charge in [-0.25, -0.2) is 9.38 Å². The molecule has 22 heavy (non-hydrogen) atoms. The highest BCUT2D eigenvalue weighted by Crippen LogP contribution is 2.26. The van der Waals surface area contributed by atoms with Crippen LogP contribution in [0.5, 0.6) is 0 Å². The molecule has 7 heteroatoms. The van der Waals surface area contributed by atoms with E-state index in [0.29, 0.717) is 6.54 Å². The van der Waals surface area contributed by atoms with Crippen LogP contribution in [0.15, 0.2) is 28.1 Å². The molecular formula is C15H17FN2O3S. The van der Waals surface area contributed by atoms with E-state index in [-0.39, 0.29) is 23.7 Å². The van der Waals surface area contributed by atoms with Gasteiger partial charge in [0, 0.05) is 24.9 Å². The number of nitrogens with zero attached hydrogens (tertiary/aromatic N) is 2. The van der Waals surface area contributed by atoms with E-state index < -0.39 is 17.7 Å². The molecule has 1 aromatic rings. The third-order valence-electron chi connectivity index (χ3n) is 3.49. The number of hydrogen-bond acceptors (Lipinski definition) is 5. The maximum absolute atomic E-state index is 14.1. The zero-order chi connectivity index (χ0) is 16.3. The maximum Gasteiger partial charge on any atom is 0.323 e. The number of ether oxygens (including phenoxy) is 1. The summed E-state index contributed by atoms with van der Waals surface area (Å²) >= 11 is 1.42. The number of halogens is 1. The summed E-state index contributed by atoms with van der Waals surface area (Å²) < 4.78 is 18.8. The van der Waals surface area contributed by atoms with Gasteiger partial charge in [-0.3, -0.25) is 9.59 Å². The molecule has 0 radical (unpaired) electrons. The minimum Gasteiger partial charge on any atom is -0.468 e. The van der Waals surface area contributed by atoms with Gasteiger partial charge in [-0.15, -0.1) is 11.8 Å². The van der Waals surface area contributed by atoms with E-state index in [1.165, 1.54) is 31.0 Å². The number of piperidine rings is 1. The Bertz CT molecular complexity index is 625. The molecule has 1 saturated heterocycles. The van der Waals surface area contributed by atoms with Crippen molar-refractivity contribution in [3.8, 4) is 0 Å². The van der Waals surface area contributed by atoms with Crippen molar-refractivity contribution in [1.29, 1.82) is 0 Å². The molecule has 118 valence electrons. The third-order valence-corrected chi connectivity index (χ3v) is 4.22. The van der Waals surface area contributed by atoms with Crippen molar-refractivity contribution < 1.29 is 18.7 Å². The summed E-state index contributed by atoms with van der Waals surface area (Å²) in [5, 5.41) is 0. The number of ketones is 1. The summed E-state index contributed by atoms with van der Waals surface area (Å²) in [7, 11) is 2.94. The Balaban J connectivity index is 2.45. The fourth-order valence-corrected chi connectivity index (χ4v) is 2.66. The molecule has 5 nitrogen and oxygen atoms in total. The van der Waals surface area contributed by atoms with E-state index in [0.717, 1.165) is 4.90 Å². The predicted octanol–water partition coefficient (Wildman–Crippen LogP) is 2.27. The highest BCUT2D eigenvalue weighted by atomic mass is 32.2. The zero-order valence-electron chi connectivity index (χ0n) is 12.6. The Morgan fingerprint density at radius 2 is 2.23 bits per heavy atom. The summed E-state index contributed by atoms with van der Waals surface area (Å²) in [5.74, 6) is -2.29. The third kappa shape index (κ3) is 3.30. The van der Waals surface area contributed by atoms with Gasteiger partial charge in [-0.2, -0.15) is 0 Å². The van der Waals surface area contributed by atoms with Crippen molar-refractivity contribution in [2.24, 2.45) is 10.9 Å². The zero-order valence-corrected chi connectivity index (χ0v) is 13.4. The maximum atomic E-state index is 14.1. The van der Waals surface area contributed by atoms with Crippen molar-refractivity contribution in [3.05, 3.63) is 24.0 Å². The number of likely N-dealkylation sites (tertiary alicyclic amines) is 1. The first-order chi connectivity index (χ1) is 10.5. The average Bonchev–Trinajstić information content (AvgIpc) is 2.52. The van der Waals surface area contributed by atoms with Crippen molar-refractivity contribution in [2.45, 2.75) is 11.3 Å². The number of methoxy groups -OCH3 is 1. The molecule has 1 atom stereocenters. The molecule has 0 aliphatic carbocycles. The standard InChI is InChI=1S/C15H17FN2O3S/c1-18-7-6-12(19)13(15(20)21-2)14(18)17-11-5-4-9(22-3)8-10(11)16/h4-5,8,13H,6-7H2,1-3H3. The van der Waals surface area contributed by atoms with Gasteiger partial charge in [-0.05, 0) is 24.5 Å². The molecule has 1 aliphatic heterocycles. The van der Waals surface area contributed by atoms with E-state index in [1.54, 1.807) is 18.0 Å². The quantitative estimate of drug-likeness (QED) is 0.485. The molecule has 1 aliphatic rings. The smallest absolute Gasteiger partial charge is 0.323 e. The molecular weight excluding hydrogens is 307 g/mol. The largest absolute Gasteiger partial charge is 0.468 e. The van der Waals surface area contributed by atoms with E-state index in [4.69, 9.17) is 0 Å². The number of esters is 1. The van der Waals surface area contributed by atoms with Gasteiger partial charge < -0.3 is 9.64 Å². The summed E-state index contributed by atoms with van der Waals surface area (Å²) in [5.41, 5.74) is 0.100. The van der Waals surface area contributed by atoms with E-state index in [1.807, 2.05) is 6.26 Å². The number of amidine groups is 1. The number of Topliss-reactive ketones (excluding diaryl/α,β-unsaturated/α-hetero) is 1. The van der Waals surface area contributed by atoms with Gasteiger partial charge in [0.05, 0.1) is 7.11 Å². The second-order valence-electron chi connectivity index (χ2n) is 4.88. The molecule has 2 rings (SSSR count). The van der Waals surface area contributed by atoms with Crippen molar-refractivity contribution in [1.82, 2.24) is 4.90 Å². The fraction of sp³-hybridized carbons (Fsp3) is 0.400. The summed E-state index contributed by atoms with van der Waals surface area (Å²) in [4.78, 5) is 30.6. The number of hydrogen-bond donors (Lipinski definition) is 0. The van der Waals surface area contributed by atoms with Gasteiger partial charge in [0.25, 0.3) is 0 Å².